The van der Waals surface area contributed by atoms with Crippen molar-refractivity contribution in [3.63, 3.8) is 0 Å². The van der Waals surface area contributed by atoms with Crippen molar-refractivity contribution in [3.8, 4) is 0 Å². The molecule has 1 saturated carbocycles. The summed E-state index contributed by atoms with van der Waals surface area (Å²) >= 11 is 0. The molecule has 0 heterocycles. The highest BCUT2D eigenvalue weighted by molar-refractivity contribution is 5.88. The van der Waals surface area contributed by atoms with Gasteiger partial charge in [-0.25, -0.2) is 0 Å². The van der Waals surface area contributed by atoms with Crippen LogP contribution in [-0.4, -0.2) is 18.4 Å². The van der Waals surface area contributed by atoms with Crippen molar-refractivity contribution in [2.45, 2.75) is 46.5 Å². The second kappa shape index (κ2) is 6.58. The van der Waals surface area contributed by atoms with Crippen molar-refractivity contribution >= 4 is 11.8 Å². The summed E-state index contributed by atoms with van der Waals surface area (Å²) in [5.74, 6) is 0.0122. The molecule has 0 N–H and O–H groups in total. The molecular formula is C14H22O3. The summed E-state index contributed by atoms with van der Waals surface area (Å²) in [5.41, 5.74) is 1.24. The second-order valence-corrected chi connectivity index (χ2v) is 4.90. The van der Waals surface area contributed by atoms with Crippen LogP contribution in [-0.2, 0) is 14.3 Å². The Morgan fingerprint density at radius 3 is 2.59 bits per heavy atom. The van der Waals surface area contributed by atoms with Crippen LogP contribution in [0.2, 0.25) is 0 Å². The summed E-state index contributed by atoms with van der Waals surface area (Å²) in [6.07, 6.45) is 4.93. The van der Waals surface area contributed by atoms with Crippen LogP contribution in [0.1, 0.15) is 46.5 Å². The summed E-state index contributed by atoms with van der Waals surface area (Å²) in [6, 6.07) is 0. The highest BCUT2D eigenvalue weighted by atomic mass is 16.5. The largest absolute Gasteiger partial charge is 0.466 e. The zero-order chi connectivity index (χ0) is 12.8. The maximum atomic E-state index is 12.0. The molecule has 1 aliphatic carbocycles. The van der Waals surface area contributed by atoms with Gasteiger partial charge in [0, 0.05) is 11.8 Å². The molecule has 1 aliphatic rings. The molecule has 2 unspecified atom stereocenters. The molecule has 96 valence electrons. The van der Waals surface area contributed by atoms with Gasteiger partial charge in [0.25, 0.3) is 0 Å². The molecule has 3 nitrogen and oxygen atoms in total. The molecule has 17 heavy (non-hydrogen) atoms. The number of allylic oxidation sites excluding steroid dienone is 2. The maximum Gasteiger partial charge on any atom is 0.306 e. The second-order valence-electron chi connectivity index (χ2n) is 4.90. The molecule has 2 atom stereocenters. The van der Waals surface area contributed by atoms with E-state index in [-0.39, 0.29) is 30.0 Å². The predicted octanol–water partition coefficient (Wildman–Crippen LogP) is 2.89. The zero-order valence-corrected chi connectivity index (χ0v) is 11.0. The Balaban J connectivity index is 2.44. The molecule has 0 aliphatic heterocycles. The zero-order valence-electron chi connectivity index (χ0n) is 11.0. The Labute approximate surface area is 103 Å². The van der Waals surface area contributed by atoms with Gasteiger partial charge in [-0.2, -0.15) is 0 Å². The van der Waals surface area contributed by atoms with Crippen molar-refractivity contribution in [3.05, 3.63) is 11.6 Å². The first-order chi connectivity index (χ1) is 8.04. The van der Waals surface area contributed by atoms with E-state index >= 15 is 0 Å². The Hall–Kier alpha value is -1.12. The number of ketones is 1. The lowest BCUT2D eigenvalue weighted by molar-refractivity contribution is -0.145. The first-order valence-corrected chi connectivity index (χ1v) is 6.37. The van der Waals surface area contributed by atoms with E-state index in [2.05, 4.69) is 6.08 Å². The smallest absolute Gasteiger partial charge is 0.306 e. The number of esters is 1. The van der Waals surface area contributed by atoms with E-state index in [1.165, 1.54) is 5.57 Å². The number of ether oxygens (including phenoxy) is 1. The minimum Gasteiger partial charge on any atom is -0.466 e. The fourth-order valence-corrected chi connectivity index (χ4v) is 2.26. The van der Waals surface area contributed by atoms with E-state index in [9.17, 15) is 9.59 Å². The molecule has 0 spiro atoms. The molecule has 0 radical (unpaired) electrons. The number of Topliss-reactive ketones (excluding diaryl/α,β-unsaturated/α-hetero) is 1. The van der Waals surface area contributed by atoms with Crippen molar-refractivity contribution in [1.82, 2.24) is 0 Å². The van der Waals surface area contributed by atoms with Crippen molar-refractivity contribution in [1.29, 1.82) is 0 Å². The lowest BCUT2D eigenvalue weighted by Gasteiger charge is -2.08. The normalized spacial score (nSPS) is 23.6. The number of hydrogen-bond donors (Lipinski definition) is 0. The third-order valence-corrected chi connectivity index (χ3v) is 3.20. The van der Waals surface area contributed by atoms with Gasteiger partial charge in [-0.1, -0.05) is 11.6 Å². The topological polar surface area (TPSA) is 43.4 Å². The van der Waals surface area contributed by atoms with Gasteiger partial charge < -0.3 is 4.74 Å². The molecular weight excluding hydrogens is 216 g/mol. The van der Waals surface area contributed by atoms with Crippen molar-refractivity contribution < 1.29 is 14.3 Å². The van der Waals surface area contributed by atoms with E-state index in [1.807, 2.05) is 13.8 Å². The number of carbonyl (C=O) groups excluding carboxylic acids is 2. The summed E-state index contributed by atoms with van der Waals surface area (Å²) in [4.78, 5) is 23.4. The van der Waals surface area contributed by atoms with Crippen LogP contribution in [0, 0.1) is 11.8 Å². The van der Waals surface area contributed by atoms with Crippen LogP contribution in [0.3, 0.4) is 0 Å². The first kappa shape index (κ1) is 13.9. The Morgan fingerprint density at radius 1 is 1.35 bits per heavy atom. The number of carbonyl (C=O) groups is 2. The van der Waals surface area contributed by atoms with Crippen LogP contribution in [0.4, 0.5) is 0 Å². The lowest BCUT2D eigenvalue weighted by Crippen LogP contribution is -2.18. The van der Waals surface area contributed by atoms with Gasteiger partial charge in [-0.05, 0) is 40.0 Å². The average molecular weight is 238 g/mol. The average Bonchev–Trinajstić information content (AvgIpc) is 2.58. The predicted molar refractivity (Wildman–Crippen MR) is 66.5 cm³/mol. The quantitative estimate of drug-likeness (QED) is 0.546. The highest BCUT2D eigenvalue weighted by Crippen LogP contribution is 2.32. The van der Waals surface area contributed by atoms with Crippen molar-refractivity contribution in [2.75, 3.05) is 6.61 Å². The SMILES string of the molecule is CCOC(=O)CC1CCC(CC=C(C)C)C1=O. The van der Waals surface area contributed by atoms with Crippen LogP contribution in [0.5, 0.6) is 0 Å². The molecule has 0 aromatic heterocycles. The summed E-state index contributed by atoms with van der Waals surface area (Å²) in [6.45, 7) is 6.25. The number of rotatable bonds is 5. The van der Waals surface area contributed by atoms with Gasteiger partial charge in [0.15, 0.2) is 0 Å². The van der Waals surface area contributed by atoms with E-state index in [1.54, 1.807) is 6.92 Å². The van der Waals surface area contributed by atoms with E-state index in [0.717, 1.165) is 19.3 Å². The summed E-state index contributed by atoms with van der Waals surface area (Å²) in [5, 5.41) is 0. The highest BCUT2D eigenvalue weighted by Gasteiger charge is 2.34. The van der Waals surface area contributed by atoms with E-state index < -0.39 is 0 Å². The Kier molecular flexibility index (Phi) is 5.39. The third-order valence-electron chi connectivity index (χ3n) is 3.20. The van der Waals surface area contributed by atoms with Crippen LogP contribution < -0.4 is 0 Å². The molecule has 3 heteroatoms. The van der Waals surface area contributed by atoms with Crippen molar-refractivity contribution in [2.24, 2.45) is 11.8 Å². The van der Waals surface area contributed by atoms with Gasteiger partial charge in [-0.15, -0.1) is 0 Å². The molecule has 0 saturated heterocycles. The van der Waals surface area contributed by atoms with E-state index in [0.29, 0.717) is 6.61 Å². The fourth-order valence-electron chi connectivity index (χ4n) is 2.26. The minimum absolute atomic E-state index is 0.107. The Bertz CT molecular complexity index is 313. The summed E-state index contributed by atoms with van der Waals surface area (Å²) < 4.78 is 4.88. The van der Waals surface area contributed by atoms with Crippen LogP contribution >= 0.6 is 0 Å². The molecule has 0 amide bonds. The maximum absolute atomic E-state index is 12.0. The summed E-state index contributed by atoms with van der Waals surface area (Å²) in [7, 11) is 0. The molecule has 1 rings (SSSR count). The first-order valence-electron chi connectivity index (χ1n) is 6.37. The lowest BCUT2D eigenvalue weighted by atomic mass is 9.97. The van der Waals surface area contributed by atoms with Crippen LogP contribution in [0.15, 0.2) is 11.6 Å². The van der Waals surface area contributed by atoms with Gasteiger partial charge in [-0.3, -0.25) is 9.59 Å². The minimum atomic E-state index is -0.242. The van der Waals surface area contributed by atoms with Gasteiger partial charge in [0.2, 0.25) is 0 Å². The van der Waals surface area contributed by atoms with Gasteiger partial charge in [0.1, 0.15) is 5.78 Å². The monoisotopic (exact) mass is 238 g/mol. The molecule has 0 aromatic carbocycles. The van der Waals surface area contributed by atoms with Crippen LogP contribution in [0.25, 0.3) is 0 Å². The van der Waals surface area contributed by atoms with Gasteiger partial charge >= 0.3 is 5.97 Å². The fraction of sp³-hybridized carbons (Fsp3) is 0.714. The molecule has 0 aromatic rings. The standard InChI is InChI=1S/C14H22O3/c1-4-17-13(15)9-12-8-7-11(14(12)16)6-5-10(2)3/h5,11-12H,4,6-9H2,1-3H3. The third kappa shape index (κ3) is 4.33. The molecule has 1 fully saturated rings. The number of hydrogen-bond acceptors (Lipinski definition) is 3. The molecule has 0 bridgehead atoms. The van der Waals surface area contributed by atoms with Gasteiger partial charge in [0.05, 0.1) is 13.0 Å². The Morgan fingerprint density at radius 2 is 2.00 bits per heavy atom. The van der Waals surface area contributed by atoms with E-state index in [4.69, 9.17) is 4.74 Å².